The van der Waals surface area contributed by atoms with Crippen LogP contribution in [0, 0.1) is 0 Å². The lowest BCUT2D eigenvalue weighted by Crippen LogP contribution is -2.25. The lowest BCUT2D eigenvalue weighted by atomic mass is 9.97. The van der Waals surface area contributed by atoms with Crippen LogP contribution in [0.4, 0.5) is 5.13 Å². The molecule has 0 unspecified atom stereocenters. The molecule has 6 nitrogen and oxygen atoms in total. The number of carbonyl (C=O) groups is 1. The van der Waals surface area contributed by atoms with Crippen molar-refractivity contribution in [1.82, 2.24) is 14.5 Å². The number of hydrogen-bond donors (Lipinski definition) is 1. The lowest BCUT2D eigenvalue weighted by molar-refractivity contribution is -0.113. The molecule has 0 spiro atoms. The average Bonchev–Trinajstić information content (AvgIpc) is 3.45. The minimum atomic E-state index is -0.153. The largest absolute Gasteiger partial charge is 0.301 e. The van der Waals surface area contributed by atoms with Gasteiger partial charge in [-0.15, -0.1) is 22.7 Å². The summed E-state index contributed by atoms with van der Waals surface area (Å²) in [6.07, 6.45) is 6.66. The van der Waals surface area contributed by atoms with Crippen LogP contribution in [0.25, 0.3) is 10.2 Å². The van der Waals surface area contributed by atoms with Crippen LogP contribution in [0.15, 0.2) is 51.9 Å². The van der Waals surface area contributed by atoms with Crippen LogP contribution >= 0.6 is 34.4 Å². The molecule has 4 aromatic rings. The first-order chi connectivity index (χ1) is 15.7. The number of amides is 1. The maximum Gasteiger partial charge on any atom is 0.263 e. The number of nitrogens with one attached hydrogen (secondary N) is 1. The number of thiophene rings is 1. The van der Waals surface area contributed by atoms with E-state index in [0.717, 1.165) is 35.9 Å². The van der Waals surface area contributed by atoms with Gasteiger partial charge in [0.2, 0.25) is 5.91 Å². The number of carbonyl (C=O) groups excluding carboxylic acids is 1. The number of thiazole rings is 1. The second-order valence-corrected chi connectivity index (χ2v) is 10.6. The molecule has 0 aliphatic heterocycles. The summed E-state index contributed by atoms with van der Waals surface area (Å²) in [7, 11) is 0. The molecule has 0 saturated carbocycles. The molecule has 1 N–H and O–H groups in total. The Hall–Kier alpha value is -2.49. The molecule has 3 aromatic heterocycles. The standard InChI is InChI=1S/C23H22N4O2S3/c28-18(25-22-24-11-13-30-22)14-31-23-26-20-19(16-8-4-5-9-17(16)32-20)21(29)27(23)12-10-15-6-2-1-3-7-15/h1-3,6-7,11,13H,4-5,8-10,12,14H2,(H,24,25,28). The Morgan fingerprint density at radius 2 is 2.03 bits per heavy atom. The zero-order valence-electron chi connectivity index (χ0n) is 17.4. The predicted molar refractivity (Wildman–Crippen MR) is 132 cm³/mol. The van der Waals surface area contributed by atoms with Gasteiger partial charge in [0.1, 0.15) is 4.83 Å². The van der Waals surface area contributed by atoms with Gasteiger partial charge in [-0.1, -0.05) is 42.1 Å². The second kappa shape index (κ2) is 9.56. The quantitative estimate of drug-likeness (QED) is 0.303. The number of hydrogen-bond acceptors (Lipinski definition) is 7. The number of fused-ring (bicyclic) bond motifs is 3. The van der Waals surface area contributed by atoms with Crippen LogP contribution < -0.4 is 10.9 Å². The van der Waals surface area contributed by atoms with Gasteiger partial charge in [-0.2, -0.15) is 0 Å². The van der Waals surface area contributed by atoms with E-state index in [0.29, 0.717) is 16.8 Å². The van der Waals surface area contributed by atoms with Crippen molar-refractivity contribution < 1.29 is 4.79 Å². The fourth-order valence-electron chi connectivity index (χ4n) is 3.98. The maximum absolute atomic E-state index is 13.6. The highest BCUT2D eigenvalue weighted by Crippen LogP contribution is 2.34. The minimum Gasteiger partial charge on any atom is -0.301 e. The first-order valence-electron chi connectivity index (χ1n) is 10.6. The summed E-state index contributed by atoms with van der Waals surface area (Å²) in [6, 6.07) is 10.1. The highest BCUT2D eigenvalue weighted by atomic mass is 32.2. The van der Waals surface area contributed by atoms with Crippen molar-refractivity contribution in [3.8, 4) is 0 Å². The van der Waals surface area contributed by atoms with Crippen LogP contribution in [0.5, 0.6) is 0 Å². The summed E-state index contributed by atoms with van der Waals surface area (Å²) < 4.78 is 1.76. The smallest absolute Gasteiger partial charge is 0.263 e. The minimum absolute atomic E-state index is 0.0214. The lowest BCUT2D eigenvalue weighted by Gasteiger charge is -2.13. The van der Waals surface area contributed by atoms with E-state index in [1.807, 2.05) is 23.6 Å². The van der Waals surface area contributed by atoms with Gasteiger partial charge in [-0.05, 0) is 43.2 Å². The van der Waals surface area contributed by atoms with Crippen molar-refractivity contribution in [3.05, 3.63) is 68.3 Å². The van der Waals surface area contributed by atoms with E-state index in [9.17, 15) is 9.59 Å². The van der Waals surface area contributed by atoms with E-state index in [1.165, 1.54) is 45.5 Å². The summed E-state index contributed by atoms with van der Waals surface area (Å²) in [4.78, 5) is 37.1. The van der Waals surface area contributed by atoms with Gasteiger partial charge >= 0.3 is 0 Å². The third-order valence-corrected chi connectivity index (χ3v) is 8.37. The molecule has 0 atom stereocenters. The van der Waals surface area contributed by atoms with Crippen molar-refractivity contribution in [2.75, 3.05) is 11.1 Å². The Bertz CT molecular complexity index is 1300. The van der Waals surface area contributed by atoms with E-state index in [2.05, 4.69) is 22.4 Å². The molecule has 3 heterocycles. The summed E-state index contributed by atoms with van der Waals surface area (Å²) in [5.74, 6) is 0.0212. The van der Waals surface area contributed by atoms with E-state index in [-0.39, 0.29) is 17.2 Å². The molecule has 164 valence electrons. The van der Waals surface area contributed by atoms with Gasteiger partial charge in [0.25, 0.3) is 5.56 Å². The number of aromatic nitrogens is 3. The Balaban J connectivity index is 1.46. The van der Waals surface area contributed by atoms with Crippen molar-refractivity contribution in [3.63, 3.8) is 0 Å². The molecule has 1 aliphatic rings. The van der Waals surface area contributed by atoms with E-state index in [1.54, 1.807) is 22.1 Å². The monoisotopic (exact) mass is 482 g/mol. The zero-order valence-corrected chi connectivity index (χ0v) is 19.8. The molecule has 1 amide bonds. The highest BCUT2D eigenvalue weighted by molar-refractivity contribution is 7.99. The first-order valence-corrected chi connectivity index (χ1v) is 13.3. The molecule has 5 rings (SSSR count). The molecule has 1 aliphatic carbocycles. The fraction of sp³-hybridized carbons (Fsp3) is 0.304. The fourth-order valence-corrected chi connectivity index (χ4v) is 6.66. The van der Waals surface area contributed by atoms with Gasteiger partial charge in [0.15, 0.2) is 10.3 Å². The molecule has 0 bridgehead atoms. The Kier molecular flexibility index (Phi) is 6.38. The second-order valence-electron chi connectivity index (χ2n) is 7.65. The first kappa shape index (κ1) is 21.4. The molecule has 0 radical (unpaired) electrons. The predicted octanol–water partition coefficient (Wildman–Crippen LogP) is 4.77. The summed E-state index contributed by atoms with van der Waals surface area (Å²) >= 11 is 4.33. The molecule has 0 fully saturated rings. The van der Waals surface area contributed by atoms with Crippen LogP contribution in [-0.2, 0) is 30.6 Å². The highest BCUT2D eigenvalue weighted by Gasteiger charge is 2.22. The van der Waals surface area contributed by atoms with Crippen molar-refractivity contribution in [2.24, 2.45) is 0 Å². The van der Waals surface area contributed by atoms with E-state index >= 15 is 0 Å². The topological polar surface area (TPSA) is 76.9 Å². The Morgan fingerprint density at radius 1 is 1.19 bits per heavy atom. The Morgan fingerprint density at radius 3 is 2.84 bits per heavy atom. The average molecular weight is 483 g/mol. The number of anilines is 1. The SMILES string of the molecule is O=C(CSc1nc2sc3c(c2c(=O)n1CCc1ccccc1)CCCC3)Nc1nccs1. The number of rotatable bonds is 7. The number of benzene rings is 1. The molecule has 1 aromatic carbocycles. The van der Waals surface area contributed by atoms with Crippen LogP contribution in [0.1, 0.15) is 28.8 Å². The van der Waals surface area contributed by atoms with Gasteiger partial charge in [0.05, 0.1) is 11.1 Å². The maximum atomic E-state index is 13.6. The molecule has 32 heavy (non-hydrogen) atoms. The van der Waals surface area contributed by atoms with E-state index < -0.39 is 0 Å². The molecule has 9 heteroatoms. The summed E-state index contributed by atoms with van der Waals surface area (Å²) in [5, 5.41) is 6.58. The van der Waals surface area contributed by atoms with Gasteiger partial charge in [0, 0.05) is 23.0 Å². The Labute approximate surface area is 197 Å². The third kappa shape index (κ3) is 4.51. The van der Waals surface area contributed by atoms with Crippen molar-refractivity contribution in [2.45, 2.75) is 43.8 Å². The van der Waals surface area contributed by atoms with E-state index in [4.69, 9.17) is 4.98 Å². The van der Waals surface area contributed by atoms with Gasteiger partial charge in [-0.3, -0.25) is 14.2 Å². The summed E-state index contributed by atoms with van der Waals surface area (Å²) in [5.41, 5.74) is 2.39. The third-order valence-electron chi connectivity index (χ3n) is 5.52. The number of aryl methyl sites for hydroxylation is 3. The number of nitrogens with zero attached hydrogens (tertiary/aromatic N) is 3. The molecule has 0 saturated heterocycles. The van der Waals surface area contributed by atoms with Crippen LogP contribution in [-0.4, -0.2) is 26.2 Å². The number of thioether (sulfide) groups is 1. The van der Waals surface area contributed by atoms with Crippen molar-refractivity contribution >= 4 is 55.7 Å². The summed E-state index contributed by atoms with van der Waals surface area (Å²) in [6.45, 7) is 0.535. The van der Waals surface area contributed by atoms with Gasteiger partial charge in [-0.25, -0.2) is 9.97 Å². The zero-order chi connectivity index (χ0) is 21.9. The normalized spacial score (nSPS) is 13.2. The van der Waals surface area contributed by atoms with Crippen molar-refractivity contribution in [1.29, 1.82) is 0 Å². The van der Waals surface area contributed by atoms with Crippen LogP contribution in [0.3, 0.4) is 0 Å². The van der Waals surface area contributed by atoms with Crippen LogP contribution in [0.2, 0.25) is 0 Å². The molecular formula is C23H22N4O2S3. The van der Waals surface area contributed by atoms with Gasteiger partial charge < -0.3 is 5.32 Å². The molecular weight excluding hydrogens is 460 g/mol.